The molecule has 1 rings (SSSR count). The maximum absolute atomic E-state index is 11.7. The summed E-state index contributed by atoms with van der Waals surface area (Å²) in [4.78, 5) is 22.0. The number of nitrogens with two attached hydrogens (primary N) is 1. The molecule has 0 saturated carbocycles. The van der Waals surface area contributed by atoms with Gasteiger partial charge in [-0.2, -0.15) is 0 Å². The monoisotopic (exact) mass is 253 g/mol. The van der Waals surface area contributed by atoms with Crippen LogP contribution in [0.2, 0.25) is 0 Å². The number of hydrogen-bond donors (Lipinski definition) is 4. The number of primary amides is 1. The van der Waals surface area contributed by atoms with Crippen molar-refractivity contribution in [3.05, 3.63) is 23.8 Å². The number of nitrogens with one attached hydrogen (secondary N) is 2. The Morgan fingerprint density at radius 1 is 1.33 bits per heavy atom. The van der Waals surface area contributed by atoms with Crippen molar-refractivity contribution in [2.24, 2.45) is 5.73 Å². The van der Waals surface area contributed by atoms with Gasteiger partial charge in [-0.05, 0) is 12.1 Å². The first-order chi connectivity index (χ1) is 8.54. The summed E-state index contributed by atoms with van der Waals surface area (Å²) in [5.74, 6) is -0.157. The van der Waals surface area contributed by atoms with Gasteiger partial charge in [-0.1, -0.05) is 0 Å². The molecule has 0 fully saturated rings. The molecule has 3 amide bonds. The number of methoxy groups -OCH3 is 1. The minimum Gasteiger partial charge on any atom is -0.507 e. The van der Waals surface area contributed by atoms with E-state index in [1.807, 2.05) is 0 Å². The van der Waals surface area contributed by atoms with E-state index < -0.39 is 11.9 Å². The molecule has 0 spiro atoms. The molecule has 0 aliphatic carbocycles. The third kappa shape index (κ3) is 3.85. The molecule has 18 heavy (non-hydrogen) atoms. The highest BCUT2D eigenvalue weighted by Gasteiger charge is 2.11. The van der Waals surface area contributed by atoms with Gasteiger partial charge in [0, 0.05) is 19.2 Å². The summed E-state index contributed by atoms with van der Waals surface area (Å²) >= 11 is 0. The first kappa shape index (κ1) is 13.6. The van der Waals surface area contributed by atoms with E-state index in [2.05, 4.69) is 10.6 Å². The lowest BCUT2D eigenvalue weighted by molar-refractivity contribution is 0.0951. The second-order valence-corrected chi connectivity index (χ2v) is 3.43. The number of carbonyl (C=O) groups excluding carboxylic acids is 2. The largest absolute Gasteiger partial charge is 0.507 e. The van der Waals surface area contributed by atoms with E-state index in [1.165, 1.54) is 19.2 Å². The molecule has 0 aromatic heterocycles. The van der Waals surface area contributed by atoms with Gasteiger partial charge in [0.15, 0.2) is 0 Å². The number of rotatable bonds is 5. The number of phenolic OH excluding ortho intramolecular Hbond substituents is 1. The first-order valence-corrected chi connectivity index (χ1v) is 5.23. The molecule has 0 bridgehead atoms. The molecule has 0 heterocycles. The number of ether oxygens (including phenoxy) is 1. The molecule has 98 valence electrons. The standard InChI is InChI=1S/C11H15N3O4/c1-18-7-2-3-8(9(15)6-7)10(16)13-4-5-14-11(12)17/h2-3,6,15H,4-5H2,1H3,(H,13,16)(H3,12,14,17). The van der Waals surface area contributed by atoms with Gasteiger partial charge in [-0.25, -0.2) is 4.79 Å². The molecule has 7 nitrogen and oxygen atoms in total. The van der Waals surface area contributed by atoms with Gasteiger partial charge >= 0.3 is 6.03 Å². The Kier molecular flexibility index (Phi) is 4.79. The molecule has 0 atom stereocenters. The number of urea groups is 1. The molecular weight excluding hydrogens is 238 g/mol. The molecule has 0 aliphatic heterocycles. The van der Waals surface area contributed by atoms with Crippen LogP contribution in [0.25, 0.3) is 0 Å². The van der Waals surface area contributed by atoms with Crippen LogP contribution < -0.4 is 21.1 Å². The van der Waals surface area contributed by atoms with Crippen molar-refractivity contribution in [1.29, 1.82) is 0 Å². The Morgan fingerprint density at radius 2 is 2.00 bits per heavy atom. The zero-order valence-corrected chi connectivity index (χ0v) is 9.90. The molecular formula is C11H15N3O4. The summed E-state index contributed by atoms with van der Waals surface area (Å²) in [6.45, 7) is 0.436. The number of carbonyl (C=O) groups is 2. The van der Waals surface area contributed by atoms with Gasteiger partial charge in [0.2, 0.25) is 0 Å². The Hall–Kier alpha value is -2.44. The average molecular weight is 253 g/mol. The average Bonchev–Trinajstić information content (AvgIpc) is 2.33. The highest BCUT2D eigenvalue weighted by molar-refractivity contribution is 5.97. The van der Waals surface area contributed by atoms with Gasteiger partial charge < -0.3 is 26.2 Å². The number of amides is 3. The summed E-state index contributed by atoms with van der Waals surface area (Å²) in [6.07, 6.45) is 0. The smallest absolute Gasteiger partial charge is 0.312 e. The summed E-state index contributed by atoms with van der Waals surface area (Å²) in [5.41, 5.74) is 4.99. The molecule has 1 aromatic carbocycles. The highest BCUT2D eigenvalue weighted by Crippen LogP contribution is 2.22. The highest BCUT2D eigenvalue weighted by atomic mass is 16.5. The topological polar surface area (TPSA) is 114 Å². The van der Waals surface area contributed by atoms with E-state index >= 15 is 0 Å². The zero-order chi connectivity index (χ0) is 13.5. The molecule has 0 aliphatic rings. The van der Waals surface area contributed by atoms with Crippen molar-refractivity contribution in [3.8, 4) is 11.5 Å². The lowest BCUT2D eigenvalue weighted by Crippen LogP contribution is -2.37. The molecule has 7 heteroatoms. The van der Waals surface area contributed by atoms with Crippen LogP contribution in [0.4, 0.5) is 4.79 Å². The summed E-state index contributed by atoms with van der Waals surface area (Å²) < 4.78 is 4.90. The Labute approximate surface area is 104 Å². The Morgan fingerprint density at radius 3 is 2.56 bits per heavy atom. The van der Waals surface area contributed by atoms with Gasteiger partial charge in [-0.3, -0.25) is 4.79 Å². The number of aromatic hydroxyl groups is 1. The van der Waals surface area contributed by atoms with Crippen LogP contribution in [0.5, 0.6) is 11.5 Å². The van der Waals surface area contributed by atoms with Crippen molar-refractivity contribution in [2.45, 2.75) is 0 Å². The molecule has 0 radical (unpaired) electrons. The number of benzene rings is 1. The quantitative estimate of drug-likeness (QED) is 0.544. The summed E-state index contributed by atoms with van der Waals surface area (Å²) in [5, 5.41) is 14.5. The number of hydrogen-bond acceptors (Lipinski definition) is 4. The van der Waals surface area contributed by atoms with Crippen molar-refractivity contribution in [3.63, 3.8) is 0 Å². The van der Waals surface area contributed by atoms with Crippen LogP contribution in [0.3, 0.4) is 0 Å². The van der Waals surface area contributed by atoms with Gasteiger partial charge in [0.05, 0.1) is 12.7 Å². The van der Waals surface area contributed by atoms with Crippen molar-refractivity contribution in [2.75, 3.05) is 20.2 Å². The summed E-state index contributed by atoms with van der Waals surface area (Å²) in [7, 11) is 1.46. The van der Waals surface area contributed by atoms with E-state index in [1.54, 1.807) is 6.07 Å². The van der Waals surface area contributed by atoms with Crippen molar-refractivity contribution >= 4 is 11.9 Å². The van der Waals surface area contributed by atoms with E-state index in [4.69, 9.17) is 10.5 Å². The predicted octanol–water partition coefficient (Wildman–Crippen LogP) is -0.201. The zero-order valence-electron chi connectivity index (χ0n) is 9.90. The second kappa shape index (κ2) is 6.33. The lowest BCUT2D eigenvalue weighted by Gasteiger charge is -2.08. The van der Waals surface area contributed by atoms with E-state index in [-0.39, 0.29) is 24.4 Å². The maximum atomic E-state index is 11.7. The van der Waals surface area contributed by atoms with Crippen LogP contribution in [0.1, 0.15) is 10.4 Å². The Balaban J connectivity index is 2.54. The number of phenols is 1. The van der Waals surface area contributed by atoms with E-state index in [0.717, 1.165) is 0 Å². The normalized spacial score (nSPS) is 9.61. The Bertz CT molecular complexity index is 448. The molecule has 1 aromatic rings. The van der Waals surface area contributed by atoms with Crippen molar-refractivity contribution in [1.82, 2.24) is 10.6 Å². The fraction of sp³-hybridized carbons (Fsp3) is 0.273. The van der Waals surface area contributed by atoms with Crippen LogP contribution >= 0.6 is 0 Å². The third-order valence-corrected chi connectivity index (χ3v) is 2.16. The third-order valence-electron chi connectivity index (χ3n) is 2.16. The first-order valence-electron chi connectivity index (χ1n) is 5.23. The summed E-state index contributed by atoms with van der Waals surface area (Å²) in [6, 6.07) is 3.70. The maximum Gasteiger partial charge on any atom is 0.312 e. The molecule has 0 unspecified atom stereocenters. The second-order valence-electron chi connectivity index (χ2n) is 3.43. The fourth-order valence-electron chi connectivity index (χ4n) is 1.29. The van der Waals surface area contributed by atoms with Gasteiger partial charge in [0.25, 0.3) is 5.91 Å². The van der Waals surface area contributed by atoms with Crippen molar-refractivity contribution < 1.29 is 19.4 Å². The minimum absolute atomic E-state index is 0.134. The van der Waals surface area contributed by atoms with Crippen LogP contribution in [-0.2, 0) is 0 Å². The predicted molar refractivity (Wildman–Crippen MR) is 64.6 cm³/mol. The minimum atomic E-state index is -0.656. The van der Waals surface area contributed by atoms with Gasteiger partial charge in [0.1, 0.15) is 11.5 Å². The van der Waals surface area contributed by atoms with Gasteiger partial charge in [-0.15, -0.1) is 0 Å². The van der Waals surface area contributed by atoms with E-state index in [0.29, 0.717) is 5.75 Å². The van der Waals surface area contributed by atoms with Crippen LogP contribution in [0, 0.1) is 0 Å². The van der Waals surface area contributed by atoms with E-state index in [9.17, 15) is 14.7 Å². The van der Waals surface area contributed by atoms with Crippen LogP contribution in [0.15, 0.2) is 18.2 Å². The lowest BCUT2D eigenvalue weighted by atomic mass is 10.2. The molecule has 0 saturated heterocycles. The SMILES string of the molecule is COc1ccc(C(=O)NCCNC(N)=O)c(O)c1. The molecule has 5 N–H and O–H groups in total. The van der Waals surface area contributed by atoms with Crippen LogP contribution in [-0.4, -0.2) is 37.2 Å². The fourth-order valence-corrected chi connectivity index (χ4v) is 1.29.